The summed E-state index contributed by atoms with van der Waals surface area (Å²) in [5.41, 5.74) is 9.98. The predicted molar refractivity (Wildman–Crippen MR) is 45.9 cm³/mol. The topological polar surface area (TPSA) is 106 Å². The second-order valence-electron chi connectivity index (χ2n) is 2.30. The molecule has 0 aliphatic carbocycles. The molecule has 0 aliphatic rings. The van der Waals surface area contributed by atoms with Crippen molar-refractivity contribution in [3.63, 3.8) is 0 Å². The fraction of sp³-hybridized carbons (Fsp3) is 0.667. The van der Waals surface area contributed by atoms with Crippen molar-refractivity contribution >= 4 is 24.3 Å². The molecule has 0 aliphatic heterocycles. The summed E-state index contributed by atoms with van der Waals surface area (Å²) in [5.74, 6) is -1.47. The Balaban J connectivity index is 0. The molecule has 0 heterocycles. The lowest BCUT2D eigenvalue weighted by Gasteiger charge is -2.03. The van der Waals surface area contributed by atoms with E-state index < -0.39 is 17.9 Å². The number of carbonyl (C=O) groups excluding carboxylic acids is 1. The second kappa shape index (κ2) is 6.87. The molecule has 1 atom stereocenters. The number of carbonyl (C=O) groups is 2. The van der Waals surface area contributed by atoms with Gasteiger partial charge in [0.05, 0.1) is 0 Å². The standard InChI is InChI=1S/C6H12N2O3.ClH/c7-4(6(10)11)2-1-3-5(8)9;/h4H,1-3,7H2,(H2,8,9)(H,10,11);1H/t4-;/m0./s1. The minimum Gasteiger partial charge on any atom is -0.480 e. The zero-order chi connectivity index (χ0) is 8.85. The second-order valence-corrected chi connectivity index (χ2v) is 2.30. The first-order chi connectivity index (χ1) is 5.04. The summed E-state index contributed by atoms with van der Waals surface area (Å²) in [4.78, 5) is 20.3. The normalized spacial score (nSPS) is 11.4. The zero-order valence-corrected chi connectivity index (χ0v) is 7.34. The highest BCUT2D eigenvalue weighted by Crippen LogP contribution is 1.97. The van der Waals surface area contributed by atoms with E-state index in [0.717, 1.165) is 0 Å². The first-order valence-electron chi connectivity index (χ1n) is 3.30. The van der Waals surface area contributed by atoms with E-state index >= 15 is 0 Å². The monoisotopic (exact) mass is 196 g/mol. The van der Waals surface area contributed by atoms with E-state index in [2.05, 4.69) is 0 Å². The van der Waals surface area contributed by atoms with Gasteiger partial charge in [0.2, 0.25) is 5.91 Å². The maximum absolute atomic E-state index is 10.2. The van der Waals surface area contributed by atoms with Crippen LogP contribution in [0.4, 0.5) is 0 Å². The van der Waals surface area contributed by atoms with Crippen LogP contribution in [0.1, 0.15) is 19.3 Å². The van der Waals surface area contributed by atoms with Crippen molar-refractivity contribution in [3.05, 3.63) is 0 Å². The molecule has 5 nitrogen and oxygen atoms in total. The molecule has 0 saturated carbocycles. The van der Waals surface area contributed by atoms with Crippen molar-refractivity contribution < 1.29 is 14.7 Å². The SMILES string of the molecule is Cl.NC(=O)CCC[C@H](N)C(=O)O. The molecule has 0 saturated heterocycles. The van der Waals surface area contributed by atoms with Gasteiger partial charge in [-0.05, 0) is 12.8 Å². The van der Waals surface area contributed by atoms with E-state index in [0.29, 0.717) is 6.42 Å². The lowest BCUT2D eigenvalue weighted by molar-refractivity contribution is -0.138. The van der Waals surface area contributed by atoms with Crippen LogP contribution >= 0.6 is 12.4 Å². The van der Waals surface area contributed by atoms with E-state index in [9.17, 15) is 9.59 Å². The highest BCUT2D eigenvalue weighted by Gasteiger charge is 2.10. The van der Waals surface area contributed by atoms with Gasteiger partial charge >= 0.3 is 5.97 Å². The first-order valence-corrected chi connectivity index (χ1v) is 3.30. The van der Waals surface area contributed by atoms with Crippen molar-refractivity contribution in [2.45, 2.75) is 25.3 Å². The molecule has 0 spiro atoms. The Morgan fingerprint density at radius 3 is 2.25 bits per heavy atom. The van der Waals surface area contributed by atoms with Crippen LogP contribution in [0.5, 0.6) is 0 Å². The van der Waals surface area contributed by atoms with Crippen LogP contribution in [0.3, 0.4) is 0 Å². The van der Waals surface area contributed by atoms with Crippen LogP contribution in [0.15, 0.2) is 0 Å². The van der Waals surface area contributed by atoms with Crippen molar-refractivity contribution in [2.75, 3.05) is 0 Å². The number of carboxylic acid groups (broad SMARTS) is 1. The zero-order valence-electron chi connectivity index (χ0n) is 6.53. The smallest absolute Gasteiger partial charge is 0.320 e. The number of aliphatic carboxylic acids is 1. The molecule has 1 amide bonds. The van der Waals surface area contributed by atoms with Gasteiger partial charge in [0.25, 0.3) is 0 Å². The molecule has 0 radical (unpaired) electrons. The van der Waals surface area contributed by atoms with Crippen molar-refractivity contribution in [2.24, 2.45) is 11.5 Å². The lowest BCUT2D eigenvalue weighted by atomic mass is 10.1. The van der Waals surface area contributed by atoms with Crippen LogP contribution in [-0.4, -0.2) is 23.0 Å². The minimum atomic E-state index is -1.05. The van der Waals surface area contributed by atoms with E-state index in [1.807, 2.05) is 0 Å². The van der Waals surface area contributed by atoms with Crippen molar-refractivity contribution in [1.82, 2.24) is 0 Å². The summed E-state index contributed by atoms with van der Waals surface area (Å²) in [7, 11) is 0. The predicted octanol–water partition coefficient (Wildman–Crippen LogP) is -0.524. The van der Waals surface area contributed by atoms with Gasteiger partial charge in [0.1, 0.15) is 6.04 Å². The van der Waals surface area contributed by atoms with E-state index in [-0.39, 0.29) is 25.2 Å². The lowest BCUT2D eigenvalue weighted by Crippen LogP contribution is -2.30. The summed E-state index contributed by atoms with van der Waals surface area (Å²) in [6.45, 7) is 0. The first kappa shape index (κ1) is 13.8. The van der Waals surface area contributed by atoms with Gasteiger partial charge in [-0.1, -0.05) is 0 Å². The van der Waals surface area contributed by atoms with Crippen LogP contribution < -0.4 is 11.5 Å². The van der Waals surface area contributed by atoms with Crippen molar-refractivity contribution in [3.8, 4) is 0 Å². The van der Waals surface area contributed by atoms with Gasteiger partial charge in [-0.15, -0.1) is 12.4 Å². The molecule has 0 fully saturated rings. The number of amides is 1. The van der Waals surface area contributed by atoms with Gasteiger partial charge in [-0.3, -0.25) is 9.59 Å². The summed E-state index contributed by atoms with van der Waals surface area (Å²) >= 11 is 0. The number of nitrogens with two attached hydrogens (primary N) is 2. The molecule has 0 rings (SSSR count). The van der Waals surface area contributed by atoms with E-state index in [1.165, 1.54) is 0 Å². The van der Waals surface area contributed by atoms with E-state index in [4.69, 9.17) is 16.6 Å². The third-order valence-electron chi connectivity index (χ3n) is 1.26. The maximum Gasteiger partial charge on any atom is 0.320 e. The number of primary amides is 1. The average molecular weight is 197 g/mol. The van der Waals surface area contributed by atoms with Gasteiger partial charge in [-0.2, -0.15) is 0 Å². The molecule has 0 aromatic heterocycles. The maximum atomic E-state index is 10.2. The van der Waals surface area contributed by atoms with Gasteiger partial charge < -0.3 is 16.6 Å². The van der Waals surface area contributed by atoms with Crippen LogP contribution in [0.25, 0.3) is 0 Å². The molecular formula is C6H13ClN2O3. The number of carboxylic acids is 1. The summed E-state index contributed by atoms with van der Waals surface area (Å²) in [5, 5.41) is 8.31. The Morgan fingerprint density at radius 2 is 1.92 bits per heavy atom. The molecule has 72 valence electrons. The molecule has 6 heteroatoms. The molecule has 0 bridgehead atoms. The van der Waals surface area contributed by atoms with Crippen molar-refractivity contribution in [1.29, 1.82) is 0 Å². The Morgan fingerprint density at radius 1 is 1.42 bits per heavy atom. The van der Waals surface area contributed by atoms with Crippen LogP contribution in [0, 0.1) is 0 Å². The molecule has 12 heavy (non-hydrogen) atoms. The van der Waals surface area contributed by atoms with Gasteiger partial charge in [-0.25, -0.2) is 0 Å². The summed E-state index contributed by atoms with van der Waals surface area (Å²) in [6.07, 6.45) is 0.919. The third-order valence-corrected chi connectivity index (χ3v) is 1.26. The Kier molecular flexibility index (Phi) is 7.88. The molecule has 0 unspecified atom stereocenters. The fourth-order valence-electron chi connectivity index (χ4n) is 0.620. The fourth-order valence-corrected chi connectivity index (χ4v) is 0.620. The molecule has 0 aromatic rings. The quantitative estimate of drug-likeness (QED) is 0.550. The van der Waals surface area contributed by atoms with Gasteiger partial charge in [0.15, 0.2) is 0 Å². The summed E-state index contributed by atoms with van der Waals surface area (Å²) in [6, 6.07) is -0.880. The number of hydrogen-bond acceptors (Lipinski definition) is 3. The number of rotatable bonds is 5. The van der Waals surface area contributed by atoms with E-state index in [1.54, 1.807) is 0 Å². The highest BCUT2D eigenvalue weighted by molar-refractivity contribution is 5.85. The number of halogens is 1. The average Bonchev–Trinajstić information content (AvgIpc) is 1.86. The molecule has 5 N–H and O–H groups in total. The number of hydrogen-bond donors (Lipinski definition) is 3. The molecule has 0 aromatic carbocycles. The third kappa shape index (κ3) is 7.30. The van der Waals surface area contributed by atoms with Crippen LogP contribution in [0.2, 0.25) is 0 Å². The Hall–Kier alpha value is -0.810. The Bertz CT molecular complexity index is 163. The molecular weight excluding hydrogens is 184 g/mol. The Labute approximate surface area is 76.5 Å². The largest absolute Gasteiger partial charge is 0.480 e. The van der Waals surface area contributed by atoms with Crippen LogP contribution in [-0.2, 0) is 9.59 Å². The minimum absolute atomic E-state index is 0. The summed E-state index contributed by atoms with van der Waals surface area (Å²) < 4.78 is 0. The highest BCUT2D eigenvalue weighted by atomic mass is 35.5. The van der Waals surface area contributed by atoms with Gasteiger partial charge in [0, 0.05) is 6.42 Å².